The van der Waals surface area contributed by atoms with Gasteiger partial charge in [0, 0.05) is 31.0 Å². The smallest absolute Gasteiger partial charge is 0.306 e. The molecule has 5 nitrogen and oxygen atoms in total. The Labute approximate surface area is 139 Å². The van der Waals surface area contributed by atoms with Gasteiger partial charge in [0.1, 0.15) is 5.69 Å². The molecule has 0 saturated carbocycles. The number of carboxylic acid groups (broad SMARTS) is 1. The standard InChI is InChI=1S/C17H19ClN2O3/c1-10-9-20(8-7-11(10)17(22)23)16(21)15-14(18)12-5-3-4-6-13(12)19(15)2/h3-6,10-11H,7-9H2,1-2H3,(H,22,23). The van der Waals surface area contributed by atoms with Crippen LogP contribution in [0.5, 0.6) is 0 Å². The van der Waals surface area contributed by atoms with Gasteiger partial charge in [-0.05, 0) is 18.4 Å². The molecule has 1 N–H and O–H groups in total. The van der Waals surface area contributed by atoms with Crippen molar-refractivity contribution in [2.24, 2.45) is 18.9 Å². The Morgan fingerprint density at radius 2 is 2.00 bits per heavy atom. The van der Waals surface area contributed by atoms with Crippen LogP contribution >= 0.6 is 11.6 Å². The molecule has 1 aliphatic rings. The van der Waals surface area contributed by atoms with Crippen LogP contribution in [0.3, 0.4) is 0 Å². The van der Waals surface area contributed by atoms with E-state index < -0.39 is 5.97 Å². The summed E-state index contributed by atoms with van der Waals surface area (Å²) in [6.45, 7) is 2.76. The molecule has 2 heterocycles. The molecule has 1 fully saturated rings. The van der Waals surface area contributed by atoms with Gasteiger partial charge in [-0.25, -0.2) is 0 Å². The number of benzene rings is 1. The third-order valence-electron chi connectivity index (χ3n) is 4.76. The first-order chi connectivity index (χ1) is 10.9. The molecular formula is C17H19ClN2O3. The molecule has 23 heavy (non-hydrogen) atoms. The van der Waals surface area contributed by atoms with Gasteiger partial charge in [-0.1, -0.05) is 36.7 Å². The summed E-state index contributed by atoms with van der Waals surface area (Å²) in [6, 6.07) is 7.63. The number of piperidine rings is 1. The van der Waals surface area contributed by atoms with Crippen molar-refractivity contribution in [2.75, 3.05) is 13.1 Å². The van der Waals surface area contributed by atoms with Crippen LogP contribution in [0.15, 0.2) is 24.3 Å². The molecule has 1 amide bonds. The lowest BCUT2D eigenvalue weighted by Gasteiger charge is -2.35. The van der Waals surface area contributed by atoms with Gasteiger partial charge in [-0.3, -0.25) is 9.59 Å². The number of likely N-dealkylation sites (tertiary alicyclic amines) is 1. The molecule has 1 aromatic carbocycles. The second-order valence-electron chi connectivity index (χ2n) is 6.20. The molecule has 1 aliphatic heterocycles. The normalized spacial score (nSPS) is 21.6. The molecule has 3 rings (SSSR count). The van der Waals surface area contributed by atoms with Crippen molar-refractivity contribution in [1.29, 1.82) is 0 Å². The van der Waals surface area contributed by atoms with E-state index in [1.54, 1.807) is 4.90 Å². The van der Waals surface area contributed by atoms with Gasteiger partial charge in [0.15, 0.2) is 0 Å². The summed E-state index contributed by atoms with van der Waals surface area (Å²) < 4.78 is 1.81. The van der Waals surface area contributed by atoms with Crippen molar-refractivity contribution < 1.29 is 14.7 Å². The minimum atomic E-state index is -0.785. The average Bonchev–Trinajstić information content (AvgIpc) is 2.78. The van der Waals surface area contributed by atoms with Gasteiger partial charge < -0.3 is 14.6 Å². The van der Waals surface area contributed by atoms with Gasteiger partial charge in [0.25, 0.3) is 5.91 Å². The minimum absolute atomic E-state index is 0.0707. The van der Waals surface area contributed by atoms with E-state index in [1.165, 1.54) is 0 Å². The Bertz CT molecular complexity index is 744. The quantitative estimate of drug-likeness (QED) is 0.918. The summed E-state index contributed by atoms with van der Waals surface area (Å²) in [7, 11) is 1.83. The highest BCUT2D eigenvalue weighted by Crippen LogP contribution is 2.32. The van der Waals surface area contributed by atoms with Crippen molar-refractivity contribution in [3.8, 4) is 0 Å². The molecule has 1 aromatic heterocycles. The number of carbonyl (C=O) groups is 2. The monoisotopic (exact) mass is 334 g/mol. The predicted octanol–water partition coefficient (Wildman–Crippen LogP) is 3.01. The number of carbonyl (C=O) groups excluding carboxylic acids is 1. The van der Waals surface area contributed by atoms with E-state index in [-0.39, 0.29) is 17.7 Å². The Kier molecular flexibility index (Phi) is 4.06. The molecule has 0 spiro atoms. The molecule has 122 valence electrons. The second-order valence-corrected chi connectivity index (χ2v) is 6.58. The maximum Gasteiger partial charge on any atom is 0.306 e. The Balaban J connectivity index is 1.92. The van der Waals surface area contributed by atoms with Crippen molar-refractivity contribution in [3.63, 3.8) is 0 Å². The minimum Gasteiger partial charge on any atom is -0.481 e. The number of amides is 1. The lowest BCUT2D eigenvalue weighted by atomic mass is 9.87. The number of hydrogen-bond acceptors (Lipinski definition) is 2. The molecule has 2 unspecified atom stereocenters. The number of para-hydroxylation sites is 1. The Morgan fingerprint density at radius 3 is 2.61 bits per heavy atom. The number of aromatic nitrogens is 1. The first kappa shape index (κ1) is 15.9. The second kappa shape index (κ2) is 5.89. The molecule has 2 atom stereocenters. The van der Waals surface area contributed by atoms with Gasteiger partial charge in [-0.15, -0.1) is 0 Å². The molecule has 0 bridgehead atoms. The molecule has 0 radical (unpaired) electrons. The van der Waals surface area contributed by atoms with E-state index in [0.717, 1.165) is 10.9 Å². The highest BCUT2D eigenvalue weighted by molar-refractivity contribution is 6.38. The van der Waals surface area contributed by atoms with Crippen LogP contribution in [-0.4, -0.2) is 39.5 Å². The number of aryl methyl sites for hydroxylation is 1. The molecule has 1 saturated heterocycles. The van der Waals surface area contributed by atoms with Crippen molar-refractivity contribution in [3.05, 3.63) is 35.0 Å². The number of halogens is 1. The zero-order valence-electron chi connectivity index (χ0n) is 13.1. The summed E-state index contributed by atoms with van der Waals surface area (Å²) in [6.07, 6.45) is 0.476. The lowest BCUT2D eigenvalue weighted by Crippen LogP contribution is -2.45. The van der Waals surface area contributed by atoms with Crippen molar-refractivity contribution in [1.82, 2.24) is 9.47 Å². The largest absolute Gasteiger partial charge is 0.481 e. The highest BCUT2D eigenvalue weighted by atomic mass is 35.5. The fraction of sp³-hybridized carbons (Fsp3) is 0.412. The summed E-state index contributed by atoms with van der Waals surface area (Å²) >= 11 is 6.43. The highest BCUT2D eigenvalue weighted by Gasteiger charge is 2.34. The van der Waals surface area contributed by atoms with Gasteiger partial charge >= 0.3 is 5.97 Å². The molecular weight excluding hydrogens is 316 g/mol. The van der Waals surface area contributed by atoms with E-state index in [0.29, 0.717) is 30.2 Å². The number of carboxylic acids is 1. The number of hydrogen-bond donors (Lipinski definition) is 1. The molecule has 2 aromatic rings. The van der Waals surface area contributed by atoms with Gasteiger partial charge in [0.05, 0.1) is 10.9 Å². The van der Waals surface area contributed by atoms with E-state index >= 15 is 0 Å². The predicted molar refractivity (Wildman–Crippen MR) is 88.7 cm³/mol. The summed E-state index contributed by atoms with van der Waals surface area (Å²) in [5.41, 5.74) is 1.38. The first-order valence-corrected chi connectivity index (χ1v) is 8.04. The number of rotatable bonds is 2. The summed E-state index contributed by atoms with van der Waals surface area (Å²) in [4.78, 5) is 25.8. The van der Waals surface area contributed by atoms with Gasteiger partial charge in [0.2, 0.25) is 0 Å². The SMILES string of the molecule is CC1CN(C(=O)c2c(Cl)c3ccccc3n2C)CCC1C(=O)O. The third kappa shape index (κ3) is 2.59. The topological polar surface area (TPSA) is 62.5 Å². The van der Waals surface area contributed by atoms with Crippen molar-refractivity contribution >= 4 is 34.4 Å². The zero-order valence-corrected chi connectivity index (χ0v) is 13.9. The fourth-order valence-corrected chi connectivity index (χ4v) is 3.80. The fourth-order valence-electron chi connectivity index (χ4n) is 3.43. The molecule has 6 heteroatoms. The van der Waals surface area contributed by atoms with E-state index in [9.17, 15) is 14.7 Å². The van der Waals surface area contributed by atoms with Gasteiger partial charge in [-0.2, -0.15) is 0 Å². The van der Waals surface area contributed by atoms with E-state index in [2.05, 4.69) is 0 Å². The maximum atomic E-state index is 12.9. The van der Waals surface area contributed by atoms with Crippen molar-refractivity contribution in [2.45, 2.75) is 13.3 Å². The van der Waals surface area contributed by atoms with Crippen LogP contribution in [0.25, 0.3) is 10.9 Å². The third-order valence-corrected chi connectivity index (χ3v) is 5.14. The average molecular weight is 335 g/mol. The maximum absolute atomic E-state index is 12.9. The molecule has 0 aliphatic carbocycles. The van der Waals surface area contributed by atoms with Crippen LogP contribution in [0.2, 0.25) is 5.02 Å². The first-order valence-electron chi connectivity index (χ1n) is 7.66. The van der Waals surface area contributed by atoms with E-state index in [1.807, 2.05) is 42.8 Å². The van der Waals surface area contributed by atoms with Crippen LogP contribution in [0.4, 0.5) is 0 Å². The number of aliphatic carboxylic acids is 1. The van der Waals surface area contributed by atoms with Crippen LogP contribution in [-0.2, 0) is 11.8 Å². The summed E-state index contributed by atoms with van der Waals surface area (Å²) in [5, 5.41) is 10.5. The van der Waals surface area contributed by atoms with Crippen LogP contribution in [0, 0.1) is 11.8 Å². The summed E-state index contributed by atoms with van der Waals surface area (Å²) in [5.74, 6) is -1.38. The Hall–Kier alpha value is -2.01. The van der Waals surface area contributed by atoms with Crippen LogP contribution in [0.1, 0.15) is 23.8 Å². The van der Waals surface area contributed by atoms with Crippen LogP contribution < -0.4 is 0 Å². The zero-order chi connectivity index (χ0) is 16.7. The lowest BCUT2D eigenvalue weighted by molar-refractivity contribution is -0.145. The number of nitrogens with zero attached hydrogens (tertiary/aromatic N) is 2. The number of fused-ring (bicyclic) bond motifs is 1. The Morgan fingerprint density at radius 1 is 1.30 bits per heavy atom. The van der Waals surface area contributed by atoms with E-state index in [4.69, 9.17) is 11.6 Å².